The topological polar surface area (TPSA) is 38.1 Å². The van der Waals surface area contributed by atoms with E-state index in [0.29, 0.717) is 17.3 Å². The smallest absolute Gasteiger partial charge is 0.170 e. The van der Waals surface area contributed by atoms with Gasteiger partial charge < -0.3 is 0 Å². The number of thiazole rings is 1. The Morgan fingerprint density at radius 2 is 1.77 bits per heavy atom. The van der Waals surface area contributed by atoms with Crippen molar-refractivity contribution in [3.05, 3.63) is 62.6 Å². The number of aromatic nitrogens is 2. The predicted octanol–water partition coefficient (Wildman–Crippen LogP) is 6.81. The first kappa shape index (κ1) is 20.3. The summed E-state index contributed by atoms with van der Waals surface area (Å²) in [6, 6.07) is 10.3. The Balaban J connectivity index is 0.000000758. The highest BCUT2D eigenvalue weighted by molar-refractivity contribution is 7.10. The summed E-state index contributed by atoms with van der Waals surface area (Å²) in [7, 11) is 0. The van der Waals surface area contributed by atoms with Crippen molar-refractivity contribution < 1.29 is 0 Å². The van der Waals surface area contributed by atoms with Gasteiger partial charge in [-0.2, -0.15) is 0 Å². The van der Waals surface area contributed by atoms with Gasteiger partial charge in [0.1, 0.15) is 0 Å². The highest BCUT2D eigenvalue weighted by Gasteiger charge is 2.10. The number of aryl methyl sites for hydroxylation is 2. The van der Waals surface area contributed by atoms with E-state index in [4.69, 9.17) is 16.6 Å². The molecular formula is C21H24ClN3S. The lowest BCUT2D eigenvalue weighted by atomic mass is 10.1. The van der Waals surface area contributed by atoms with E-state index in [9.17, 15) is 0 Å². The average Bonchev–Trinajstić information content (AvgIpc) is 3.08. The molecule has 1 aromatic carbocycles. The molecule has 0 atom stereocenters. The minimum absolute atomic E-state index is 0.479. The van der Waals surface area contributed by atoms with Crippen LogP contribution in [0.2, 0.25) is 5.02 Å². The van der Waals surface area contributed by atoms with Gasteiger partial charge in [0.25, 0.3) is 0 Å². The normalized spacial score (nSPS) is 10.2. The van der Waals surface area contributed by atoms with E-state index in [1.165, 1.54) is 12.0 Å². The standard InChI is InChI=1S/C18H16ClN3S.C3H8/c1-11-4-6-13(7-5-11)16-10-23-17(22-16)9-14-8-15(19)18(20-3)21-12(14)2;1-3-2/h4-8,10H,3,9H2,1-2H3;3H2,1-2H3. The van der Waals surface area contributed by atoms with Crippen LogP contribution in [0, 0.1) is 13.8 Å². The Labute approximate surface area is 164 Å². The zero-order chi connectivity index (χ0) is 19.1. The fourth-order valence-electron chi connectivity index (χ4n) is 2.31. The van der Waals surface area contributed by atoms with Crippen LogP contribution in [0.25, 0.3) is 11.3 Å². The predicted molar refractivity (Wildman–Crippen MR) is 114 cm³/mol. The quantitative estimate of drug-likeness (QED) is 0.462. The summed E-state index contributed by atoms with van der Waals surface area (Å²) in [6.07, 6.45) is 1.96. The van der Waals surface area contributed by atoms with Crippen molar-refractivity contribution in [1.29, 1.82) is 0 Å². The summed E-state index contributed by atoms with van der Waals surface area (Å²) in [6.45, 7) is 11.8. The van der Waals surface area contributed by atoms with Crippen molar-refractivity contribution in [3.63, 3.8) is 0 Å². The first-order chi connectivity index (χ1) is 12.5. The first-order valence-electron chi connectivity index (χ1n) is 8.62. The van der Waals surface area contributed by atoms with Crippen LogP contribution in [0.4, 0.5) is 5.82 Å². The van der Waals surface area contributed by atoms with Crippen molar-refractivity contribution in [1.82, 2.24) is 9.97 Å². The van der Waals surface area contributed by atoms with Crippen molar-refractivity contribution >= 4 is 35.5 Å². The zero-order valence-corrected chi connectivity index (χ0v) is 17.3. The Morgan fingerprint density at radius 3 is 2.38 bits per heavy atom. The minimum Gasteiger partial charge on any atom is -0.244 e. The molecule has 136 valence electrons. The van der Waals surface area contributed by atoms with E-state index < -0.39 is 0 Å². The molecule has 0 unspecified atom stereocenters. The summed E-state index contributed by atoms with van der Waals surface area (Å²) < 4.78 is 0. The maximum Gasteiger partial charge on any atom is 0.170 e. The summed E-state index contributed by atoms with van der Waals surface area (Å²) in [5, 5.41) is 3.65. The molecule has 2 heterocycles. The van der Waals surface area contributed by atoms with Crippen LogP contribution in [0.15, 0.2) is 40.7 Å². The van der Waals surface area contributed by atoms with Gasteiger partial charge in [0.2, 0.25) is 0 Å². The number of nitrogens with zero attached hydrogens (tertiary/aromatic N) is 3. The van der Waals surface area contributed by atoms with Crippen molar-refractivity contribution in [2.45, 2.75) is 40.5 Å². The second kappa shape index (κ2) is 9.60. The number of rotatable bonds is 4. The largest absolute Gasteiger partial charge is 0.244 e. The molecule has 0 saturated heterocycles. The summed E-state index contributed by atoms with van der Waals surface area (Å²) in [4.78, 5) is 12.9. The Morgan fingerprint density at radius 1 is 1.12 bits per heavy atom. The molecule has 0 aliphatic rings. The van der Waals surface area contributed by atoms with E-state index in [1.54, 1.807) is 11.3 Å². The van der Waals surface area contributed by atoms with Crippen LogP contribution in [-0.4, -0.2) is 16.7 Å². The van der Waals surface area contributed by atoms with Crippen LogP contribution in [0.1, 0.15) is 42.1 Å². The number of pyridine rings is 1. The van der Waals surface area contributed by atoms with E-state index in [2.05, 4.69) is 67.1 Å². The number of hydrogen-bond donors (Lipinski definition) is 0. The maximum atomic E-state index is 6.17. The number of hydrogen-bond acceptors (Lipinski definition) is 4. The van der Waals surface area contributed by atoms with Gasteiger partial charge in [0.05, 0.1) is 15.7 Å². The number of benzene rings is 1. The molecule has 0 amide bonds. The lowest BCUT2D eigenvalue weighted by molar-refractivity contribution is 1.06. The molecule has 0 N–H and O–H groups in total. The molecular weight excluding hydrogens is 362 g/mol. The highest BCUT2D eigenvalue weighted by atomic mass is 35.5. The molecule has 0 fully saturated rings. The Kier molecular flexibility index (Phi) is 7.49. The molecule has 3 rings (SSSR count). The fourth-order valence-corrected chi connectivity index (χ4v) is 3.37. The summed E-state index contributed by atoms with van der Waals surface area (Å²) >= 11 is 7.82. The summed E-state index contributed by atoms with van der Waals surface area (Å²) in [5.74, 6) is 0.479. The molecule has 0 bridgehead atoms. The zero-order valence-electron chi connectivity index (χ0n) is 15.7. The Bertz CT molecular complexity index is 869. The lowest BCUT2D eigenvalue weighted by Crippen LogP contribution is -1.95. The first-order valence-corrected chi connectivity index (χ1v) is 9.88. The Hall–Kier alpha value is -2.04. The van der Waals surface area contributed by atoms with Crippen molar-refractivity contribution in [2.24, 2.45) is 4.99 Å². The van der Waals surface area contributed by atoms with Crippen molar-refractivity contribution in [3.8, 4) is 11.3 Å². The number of aliphatic imine (C=N–C) groups is 1. The van der Waals surface area contributed by atoms with Crippen LogP contribution in [0.5, 0.6) is 0 Å². The van der Waals surface area contributed by atoms with E-state index in [-0.39, 0.29) is 0 Å². The minimum atomic E-state index is 0.479. The number of halogens is 1. The van der Waals surface area contributed by atoms with Crippen LogP contribution in [-0.2, 0) is 6.42 Å². The molecule has 0 spiro atoms. The summed E-state index contributed by atoms with van der Waals surface area (Å²) in [5.41, 5.74) is 5.36. The third kappa shape index (κ3) is 5.23. The monoisotopic (exact) mass is 385 g/mol. The van der Waals surface area contributed by atoms with Gasteiger partial charge in [-0.1, -0.05) is 61.7 Å². The lowest BCUT2D eigenvalue weighted by Gasteiger charge is -2.06. The third-order valence-electron chi connectivity index (χ3n) is 3.64. The molecule has 2 aromatic heterocycles. The molecule has 5 heteroatoms. The SMILES string of the molecule is C=Nc1nc(C)c(Cc2nc(-c3ccc(C)cc3)cs2)cc1Cl.CCC. The van der Waals surface area contributed by atoms with E-state index in [1.807, 2.05) is 13.0 Å². The second-order valence-electron chi connectivity index (χ2n) is 6.07. The van der Waals surface area contributed by atoms with E-state index >= 15 is 0 Å². The van der Waals surface area contributed by atoms with Gasteiger partial charge >= 0.3 is 0 Å². The molecule has 0 aliphatic carbocycles. The van der Waals surface area contributed by atoms with Crippen molar-refractivity contribution in [2.75, 3.05) is 0 Å². The molecule has 0 radical (unpaired) electrons. The van der Waals surface area contributed by atoms with Gasteiger partial charge in [0, 0.05) is 23.1 Å². The molecule has 0 aliphatic heterocycles. The van der Waals surface area contributed by atoms with E-state index in [0.717, 1.165) is 27.5 Å². The molecule has 26 heavy (non-hydrogen) atoms. The average molecular weight is 386 g/mol. The second-order valence-corrected chi connectivity index (χ2v) is 7.42. The van der Waals surface area contributed by atoms with Crippen LogP contribution in [0.3, 0.4) is 0 Å². The maximum absolute atomic E-state index is 6.17. The molecule has 3 nitrogen and oxygen atoms in total. The highest BCUT2D eigenvalue weighted by Crippen LogP contribution is 2.28. The van der Waals surface area contributed by atoms with Gasteiger partial charge in [-0.25, -0.2) is 15.0 Å². The fraction of sp³-hybridized carbons (Fsp3) is 0.286. The van der Waals surface area contributed by atoms with Crippen LogP contribution >= 0.6 is 22.9 Å². The van der Waals surface area contributed by atoms with Gasteiger partial charge in [0.15, 0.2) is 5.82 Å². The van der Waals surface area contributed by atoms with Crippen LogP contribution < -0.4 is 0 Å². The van der Waals surface area contributed by atoms with Gasteiger partial charge in [-0.15, -0.1) is 11.3 Å². The third-order valence-corrected chi connectivity index (χ3v) is 4.77. The molecule has 3 aromatic rings. The van der Waals surface area contributed by atoms with Gasteiger partial charge in [-0.05, 0) is 32.2 Å². The van der Waals surface area contributed by atoms with Gasteiger partial charge in [-0.3, -0.25) is 0 Å². The molecule has 0 saturated carbocycles.